The SMILES string of the molecule is CCCOC(=O)[C@H](C)N[P@](Oc1ccccc1)[C@@H](F)c1ccc2sc(C(=O)Oc3c(F)c(F)c(F)c(F)c3F)cc2c1. The number of carbonyl (C=O) groups is 2. The summed E-state index contributed by atoms with van der Waals surface area (Å²) in [6.07, 6.45) is 0.608. The molecular formula is C28H22F6NO5PS. The molecule has 1 N–H and O–H groups in total. The van der Waals surface area contributed by atoms with Gasteiger partial charge in [-0.05, 0) is 54.6 Å². The van der Waals surface area contributed by atoms with Crippen molar-refractivity contribution in [3.63, 3.8) is 0 Å². The van der Waals surface area contributed by atoms with Gasteiger partial charge in [-0.25, -0.2) is 27.4 Å². The van der Waals surface area contributed by atoms with Gasteiger partial charge in [0.05, 0.1) is 6.61 Å². The van der Waals surface area contributed by atoms with Crippen LogP contribution in [-0.4, -0.2) is 24.6 Å². The third-order valence-corrected chi connectivity index (χ3v) is 8.51. The van der Waals surface area contributed by atoms with Crippen molar-refractivity contribution in [2.75, 3.05) is 6.61 Å². The normalized spacial score (nSPS) is 13.4. The van der Waals surface area contributed by atoms with Crippen LogP contribution in [0.2, 0.25) is 0 Å². The van der Waals surface area contributed by atoms with Crippen LogP contribution in [0, 0.1) is 29.1 Å². The van der Waals surface area contributed by atoms with E-state index in [4.69, 9.17) is 9.26 Å². The molecule has 0 aliphatic carbocycles. The Morgan fingerprint density at radius 3 is 2.21 bits per heavy atom. The van der Waals surface area contributed by atoms with Crippen molar-refractivity contribution in [2.45, 2.75) is 32.2 Å². The Bertz CT molecular complexity index is 1580. The topological polar surface area (TPSA) is 73.9 Å². The molecule has 222 valence electrons. The second-order valence-corrected chi connectivity index (χ2v) is 11.4. The van der Waals surface area contributed by atoms with Crippen LogP contribution in [0.25, 0.3) is 10.1 Å². The first-order chi connectivity index (χ1) is 20.0. The highest BCUT2D eigenvalue weighted by Crippen LogP contribution is 2.51. The Morgan fingerprint density at radius 2 is 1.57 bits per heavy atom. The monoisotopic (exact) mass is 629 g/mol. The maximum Gasteiger partial charge on any atom is 0.353 e. The van der Waals surface area contributed by atoms with Crippen LogP contribution in [0.1, 0.15) is 41.4 Å². The number of thiophene rings is 1. The van der Waals surface area contributed by atoms with E-state index in [1.807, 2.05) is 6.92 Å². The highest BCUT2D eigenvalue weighted by atomic mass is 32.1. The first-order valence-electron chi connectivity index (χ1n) is 12.4. The fraction of sp³-hybridized carbons (Fsp3) is 0.214. The van der Waals surface area contributed by atoms with Gasteiger partial charge in [-0.3, -0.25) is 4.79 Å². The van der Waals surface area contributed by atoms with Gasteiger partial charge in [0.15, 0.2) is 5.91 Å². The zero-order valence-electron chi connectivity index (χ0n) is 21.9. The second-order valence-electron chi connectivity index (χ2n) is 8.78. The van der Waals surface area contributed by atoms with E-state index in [0.717, 1.165) is 11.3 Å². The number of hydrogen-bond donors (Lipinski definition) is 1. The molecule has 4 aromatic rings. The standard InChI is InChI=1S/C28H22F6NO5PS/c1-3-11-38-27(36)14(2)35-41(40-17-7-5-4-6-8-17)26(34)15-9-10-18-16(12-15)13-19(42-18)28(37)39-25-23(32)21(30)20(29)22(31)24(25)33/h4-10,12-14,26,35H,3,11H2,1-2H3/t14-,26+,41+/m0/s1. The lowest BCUT2D eigenvalue weighted by molar-refractivity contribution is -0.145. The minimum Gasteiger partial charge on any atom is -0.465 e. The van der Waals surface area contributed by atoms with Crippen molar-refractivity contribution in [2.24, 2.45) is 0 Å². The molecule has 0 saturated heterocycles. The molecule has 3 atom stereocenters. The number of alkyl halides is 1. The van der Waals surface area contributed by atoms with Crippen LogP contribution >= 0.6 is 19.6 Å². The molecule has 3 aromatic carbocycles. The number of nitrogens with one attached hydrogen (secondary N) is 1. The highest BCUT2D eigenvalue weighted by Gasteiger charge is 2.32. The zero-order valence-corrected chi connectivity index (χ0v) is 23.6. The number of carbonyl (C=O) groups excluding carboxylic acids is 2. The fourth-order valence-corrected chi connectivity index (χ4v) is 6.03. The van der Waals surface area contributed by atoms with Crippen LogP contribution in [0.3, 0.4) is 0 Å². The minimum absolute atomic E-state index is 0.114. The summed E-state index contributed by atoms with van der Waals surface area (Å²) in [4.78, 5) is 24.6. The zero-order chi connectivity index (χ0) is 30.6. The number of benzene rings is 3. The van der Waals surface area contributed by atoms with Crippen molar-refractivity contribution in [1.29, 1.82) is 0 Å². The van der Waals surface area contributed by atoms with Crippen LogP contribution in [0.5, 0.6) is 11.5 Å². The van der Waals surface area contributed by atoms with E-state index in [1.54, 1.807) is 30.3 Å². The number of rotatable bonds is 11. The molecule has 0 radical (unpaired) electrons. The van der Waals surface area contributed by atoms with Gasteiger partial charge >= 0.3 is 11.9 Å². The second kappa shape index (κ2) is 13.5. The maximum atomic E-state index is 16.0. The van der Waals surface area contributed by atoms with Crippen LogP contribution < -0.4 is 14.3 Å². The van der Waals surface area contributed by atoms with Gasteiger partial charge in [0.2, 0.25) is 43.1 Å². The predicted molar refractivity (Wildman–Crippen MR) is 145 cm³/mol. The Hall–Kier alpha value is -3.67. The number of esters is 2. The van der Waals surface area contributed by atoms with E-state index < -0.39 is 67.0 Å². The van der Waals surface area contributed by atoms with Crippen molar-refractivity contribution in [3.8, 4) is 11.5 Å². The Morgan fingerprint density at radius 1 is 0.929 bits per heavy atom. The van der Waals surface area contributed by atoms with Gasteiger partial charge in [0, 0.05) is 4.70 Å². The number of halogens is 6. The third-order valence-electron chi connectivity index (χ3n) is 5.66. The van der Waals surface area contributed by atoms with Gasteiger partial charge in [-0.1, -0.05) is 31.2 Å². The molecule has 42 heavy (non-hydrogen) atoms. The fourth-order valence-electron chi connectivity index (χ4n) is 3.57. The number of ether oxygens (including phenoxy) is 2. The quantitative estimate of drug-likeness (QED) is 0.0452. The van der Waals surface area contributed by atoms with Crippen molar-refractivity contribution in [1.82, 2.24) is 5.09 Å². The predicted octanol–water partition coefficient (Wildman–Crippen LogP) is 8.11. The van der Waals surface area contributed by atoms with Gasteiger partial charge in [-0.15, -0.1) is 11.3 Å². The lowest BCUT2D eigenvalue weighted by Crippen LogP contribution is -2.34. The van der Waals surface area contributed by atoms with E-state index in [1.165, 1.54) is 31.2 Å². The molecule has 0 unspecified atom stereocenters. The average Bonchev–Trinajstić information content (AvgIpc) is 3.43. The summed E-state index contributed by atoms with van der Waals surface area (Å²) in [5.41, 5.74) is 0.114. The molecular weight excluding hydrogens is 607 g/mol. The highest BCUT2D eigenvalue weighted by molar-refractivity contribution is 7.51. The molecule has 6 nitrogen and oxygen atoms in total. The first kappa shape index (κ1) is 31.3. The van der Waals surface area contributed by atoms with E-state index in [0.29, 0.717) is 22.3 Å². The summed E-state index contributed by atoms with van der Waals surface area (Å²) in [6, 6.07) is 13.0. The first-order valence-corrected chi connectivity index (χ1v) is 14.5. The summed E-state index contributed by atoms with van der Waals surface area (Å²) in [5.74, 6) is -16.6. The molecule has 0 amide bonds. The molecule has 14 heteroatoms. The Balaban J connectivity index is 1.59. The molecule has 0 aliphatic rings. The van der Waals surface area contributed by atoms with Gasteiger partial charge in [0.25, 0.3) is 0 Å². The molecule has 0 saturated carbocycles. The van der Waals surface area contributed by atoms with Crippen molar-refractivity contribution in [3.05, 3.63) is 94.1 Å². The molecule has 4 rings (SSSR count). The summed E-state index contributed by atoms with van der Waals surface area (Å²) in [5, 5.41) is 3.19. The van der Waals surface area contributed by atoms with Crippen molar-refractivity contribution < 1.29 is 49.9 Å². The van der Waals surface area contributed by atoms with Gasteiger partial charge in [-0.2, -0.15) is 8.78 Å². The molecule has 1 aromatic heterocycles. The van der Waals surface area contributed by atoms with E-state index in [-0.39, 0.29) is 17.0 Å². The minimum atomic E-state index is -2.39. The van der Waals surface area contributed by atoms with E-state index in [2.05, 4.69) is 9.82 Å². The number of hydrogen-bond acceptors (Lipinski definition) is 7. The summed E-state index contributed by atoms with van der Waals surface area (Å²) < 4.78 is 100. The number of para-hydroxylation sites is 1. The maximum absolute atomic E-state index is 16.0. The Labute approximate surface area is 241 Å². The van der Waals surface area contributed by atoms with E-state index >= 15 is 4.39 Å². The van der Waals surface area contributed by atoms with E-state index in [9.17, 15) is 31.5 Å². The summed E-state index contributed by atoms with van der Waals surface area (Å²) >= 11 is 0.795. The molecule has 0 bridgehead atoms. The summed E-state index contributed by atoms with van der Waals surface area (Å²) in [6.45, 7) is 3.54. The van der Waals surface area contributed by atoms with Crippen LogP contribution in [0.15, 0.2) is 54.6 Å². The van der Waals surface area contributed by atoms with Gasteiger partial charge in [0.1, 0.15) is 16.7 Å². The largest absolute Gasteiger partial charge is 0.465 e. The molecule has 1 heterocycles. The molecule has 0 fully saturated rings. The molecule has 0 aliphatic heterocycles. The molecule has 0 spiro atoms. The smallest absolute Gasteiger partial charge is 0.353 e. The number of fused-ring (bicyclic) bond motifs is 1. The van der Waals surface area contributed by atoms with Crippen molar-refractivity contribution >= 4 is 41.7 Å². The third kappa shape index (κ3) is 6.86. The van der Waals surface area contributed by atoms with Crippen LogP contribution in [0.4, 0.5) is 26.3 Å². The average molecular weight is 630 g/mol. The lowest BCUT2D eigenvalue weighted by atomic mass is 10.2. The summed E-state index contributed by atoms with van der Waals surface area (Å²) in [7, 11) is -2.16. The lowest BCUT2D eigenvalue weighted by Gasteiger charge is -2.25. The van der Waals surface area contributed by atoms with Gasteiger partial charge < -0.3 is 14.0 Å². The Kier molecular flexibility index (Phi) is 10.1. The van der Waals surface area contributed by atoms with Crippen LogP contribution in [-0.2, 0) is 9.53 Å².